The lowest BCUT2D eigenvalue weighted by Gasteiger charge is -2.28. The number of aliphatic hydroxyl groups excluding tert-OH is 1. The van der Waals surface area contributed by atoms with E-state index in [2.05, 4.69) is 4.94 Å². The molecule has 1 rings (SSSR count). The van der Waals surface area contributed by atoms with E-state index >= 15 is 0 Å². The molecule has 0 saturated heterocycles. The molecule has 0 spiro atoms. The molecular formula is C7H13FO2. The van der Waals surface area contributed by atoms with E-state index < -0.39 is 0 Å². The first-order chi connectivity index (χ1) is 4.74. The first-order valence-electron chi connectivity index (χ1n) is 3.69. The van der Waals surface area contributed by atoms with Gasteiger partial charge in [-0.1, -0.05) is 6.92 Å². The van der Waals surface area contributed by atoms with Crippen LogP contribution in [-0.2, 0) is 4.94 Å². The van der Waals surface area contributed by atoms with Gasteiger partial charge in [0.05, 0.1) is 12.2 Å². The summed E-state index contributed by atoms with van der Waals surface area (Å²) in [4.78, 5) is 3.70. The second-order valence-electron chi connectivity index (χ2n) is 3.07. The summed E-state index contributed by atoms with van der Waals surface area (Å²) < 4.78 is 11.6. The summed E-state index contributed by atoms with van der Waals surface area (Å²) in [7, 11) is 0. The second kappa shape index (κ2) is 3.30. The average molecular weight is 148 g/mol. The number of rotatable bonds is 1. The molecule has 0 unspecified atom stereocenters. The monoisotopic (exact) mass is 148 g/mol. The van der Waals surface area contributed by atoms with E-state index in [1.807, 2.05) is 6.92 Å². The van der Waals surface area contributed by atoms with Crippen molar-refractivity contribution in [1.29, 1.82) is 0 Å². The third-order valence-electron chi connectivity index (χ3n) is 2.20. The molecule has 1 saturated carbocycles. The van der Waals surface area contributed by atoms with Gasteiger partial charge in [-0.25, -0.2) is 0 Å². The summed E-state index contributed by atoms with van der Waals surface area (Å²) in [6.45, 7) is 1.91. The summed E-state index contributed by atoms with van der Waals surface area (Å²) >= 11 is 0. The van der Waals surface area contributed by atoms with Crippen LogP contribution in [0, 0.1) is 5.92 Å². The molecule has 1 fully saturated rings. The molecular weight excluding hydrogens is 135 g/mol. The Kier molecular flexibility index (Phi) is 2.63. The Hall–Kier alpha value is -0.150. The highest BCUT2D eigenvalue weighted by atomic mass is 19.3. The largest absolute Gasteiger partial charge is 0.393 e. The minimum absolute atomic E-state index is 0.175. The van der Waals surface area contributed by atoms with E-state index in [0.717, 1.165) is 0 Å². The molecule has 60 valence electrons. The zero-order valence-corrected chi connectivity index (χ0v) is 6.09. The summed E-state index contributed by atoms with van der Waals surface area (Å²) in [5.74, 6) is 0.175. The van der Waals surface area contributed by atoms with Gasteiger partial charge in [0.15, 0.2) is 0 Å². The van der Waals surface area contributed by atoms with Crippen LogP contribution in [-0.4, -0.2) is 17.3 Å². The van der Waals surface area contributed by atoms with Crippen molar-refractivity contribution >= 4 is 0 Å². The van der Waals surface area contributed by atoms with Crippen molar-refractivity contribution in [3.8, 4) is 0 Å². The lowest BCUT2D eigenvalue weighted by molar-refractivity contribution is -0.198. The van der Waals surface area contributed by atoms with Crippen LogP contribution in [0.25, 0.3) is 0 Å². The fraction of sp³-hybridized carbons (Fsp3) is 1.00. The van der Waals surface area contributed by atoms with Gasteiger partial charge in [-0.05, 0) is 29.7 Å². The Balaban J connectivity index is 2.33. The molecule has 1 N–H and O–H groups in total. The maximum absolute atomic E-state index is 11.6. The molecule has 0 amide bonds. The van der Waals surface area contributed by atoms with E-state index in [1.54, 1.807) is 0 Å². The van der Waals surface area contributed by atoms with Crippen LogP contribution in [0.1, 0.15) is 26.2 Å². The van der Waals surface area contributed by atoms with Crippen molar-refractivity contribution in [3.05, 3.63) is 0 Å². The fourth-order valence-corrected chi connectivity index (χ4v) is 1.41. The molecule has 10 heavy (non-hydrogen) atoms. The normalized spacial score (nSPS) is 41.7. The molecule has 3 heteroatoms. The number of halogens is 1. The molecule has 1 aliphatic carbocycles. The summed E-state index contributed by atoms with van der Waals surface area (Å²) in [5.41, 5.74) is 0. The Bertz CT molecular complexity index is 108. The third-order valence-corrected chi connectivity index (χ3v) is 2.20. The van der Waals surface area contributed by atoms with E-state index in [1.165, 1.54) is 0 Å². The van der Waals surface area contributed by atoms with Gasteiger partial charge in [-0.2, -0.15) is 4.94 Å². The number of aliphatic hydroxyl groups is 1. The summed E-state index contributed by atoms with van der Waals surface area (Å²) in [6.07, 6.45) is 1.40. The minimum atomic E-state index is -0.279. The maximum Gasteiger partial charge on any atom is 0.0988 e. The molecule has 0 heterocycles. The van der Waals surface area contributed by atoms with Crippen LogP contribution in [0.5, 0.6) is 0 Å². The minimum Gasteiger partial charge on any atom is -0.393 e. The van der Waals surface area contributed by atoms with Gasteiger partial charge in [0.1, 0.15) is 0 Å². The molecule has 0 bridgehead atoms. The fourth-order valence-electron chi connectivity index (χ4n) is 1.41. The number of hydrogen-bond donors (Lipinski definition) is 1. The van der Waals surface area contributed by atoms with Gasteiger partial charge >= 0.3 is 0 Å². The Morgan fingerprint density at radius 2 is 2.20 bits per heavy atom. The van der Waals surface area contributed by atoms with Gasteiger partial charge in [-0.3, -0.25) is 0 Å². The highest BCUT2D eigenvalue weighted by Gasteiger charge is 2.26. The molecule has 0 aliphatic heterocycles. The zero-order valence-electron chi connectivity index (χ0n) is 6.09. The average Bonchev–Trinajstić information content (AvgIpc) is 1.95. The second-order valence-corrected chi connectivity index (χ2v) is 3.07. The van der Waals surface area contributed by atoms with Crippen LogP contribution >= 0.6 is 0 Å². The molecule has 2 nitrogen and oxygen atoms in total. The van der Waals surface area contributed by atoms with Gasteiger partial charge in [0.2, 0.25) is 0 Å². The predicted octanol–water partition coefficient (Wildman–Crippen LogP) is 1.44. The van der Waals surface area contributed by atoms with Gasteiger partial charge in [0.25, 0.3) is 0 Å². The molecule has 0 aromatic rings. The predicted molar refractivity (Wildman–Crippen MR) is 35.0 cm³/mol. The smallest absolute Gasteiger partial charge is 0.0988 e. The quantitative estimate of drug-likeness (QED) is 0.609. The van der Waals surface area contributed by atoms with Gasteiger partial charge < -0.3 is 5.11 Å². The topological polar surface area (TPSA) is 29.5 Å². The lowest BCUT2D eigenvalue weighted by Crippen LogP contribution is -2.30. The summed E-state index contributed by atoms with van der Waals surface area (Å²) in [6, 6.07) is 0. The van der Waals surface area contributed by atoms with Crippen molar-refractivity contribution in [3.63, 3.8) is 0 Å². The lowest BCUT2D eigenvalue weighted by atomic mass is 9.86. The summed E-state index contributed by atoms with van der Waals surface area (Å²) in [5, 5.41) is 9.21. The highest BCUT2D eigenvalue weighted by Crippen LogP contribution is 2.26. The van der Waals surface area contributed by atoms with Crippen molar-refractivity contribution in [2.24, 2.45) is 5.92 Å². The van der Waals surface area contributed by atoms with Crippen LogP contribution < -0.4 is 0 Å². The molecule has 3 atom stereocenters. The first kappa shape index (κ1) is 7.95. The van der Waals surface area contributed by atoms with Crippen LogP contribution in [0.3, 0.4) is 0 Å². The maximum atomic E-state index is 11.6. The Morgan fingerprint density at radius 3 is 2.70 bits per heavy atom. The van der Waals surface area contributed by atoms with E-state index in [-0.39, 0.29) is 18.1 Å². The van der Waals surface area contributed by atoms with E-state index in [0.29, 0.717) is 19.3 Å². The van der Waals surface area contributed by atoms with E-state index in [4.69, 9.17) is 0 Å². The van der Waals surface area contributed by atoms with Crippen LogP contribution in [0.15, 0.2) is 0 Å². The third kappa shape index (κ3) is 1.67. The molecule has 0 aromatic carbocycles. The van der Waals surface area contributed by atoms with Crippen LogP contribution in [0.2, 0.25) is 0 Å². The van der Waals surface area contributed by atoms with E-state index in [9.17, 15) is 9.63 Å². The van der Waals surface area contributed by atoms with Crippen molar-refractivity contribution in [1.82, 2.24) is 0 Å². The molecule has 1 aliphatic rings. The van der Waals surface area contributed by atoms with Gasteiger partial charge in [-0.15, -0.1) is 0 Å². The number of hydrogen-bond acceptors (Lipinski definition) is 2. The highest BCUT2D eigenvalue weighted by molar-refractivity contribution is 4.76. The Labute approximate surface area is 59.9 Å². The van der Waals surface area contributed by atoms with Gasteiger partial charge in [0, 0.05) is 0 Å². The SMILES string of the molecule is C[C@H]1C[C@H](OF)CC[C@@H]1O. The standard InChI is InChI=1S/C7H13FO2/c1-5-4-6(10-8)2-3-7(5)9/h5-7,9H,2-4H2,1H3/t5-,6+,7-/m0/s1. The van der Waals surface area contributed by atoms with Crippen LogP contribution in [0.4, 0.5) is 4.53 Å². The first-order valence-corrected chi connectivity index (χ1v) is 3.69. The molecule has 0 aromatic heterocycles. The molecule has 0 radical (unpaired) electrons. The Morgan fingerprint density at radius 1 is 1.50 bits per heavy atom. The van der Waals surface area contributed by atoms with Crippen molar-refractivity contribution in [2.45, 2.75) is 38.4 Å². The van der Waals surface area contributed by atoms with Crippen molar-refractivity contribution in [2.75, 3.05) is 0 Å². The zero-order chi connectivity index (χ0) is 7.56. The van der Waals surface area contributed by atoms with Crippen molar-refractivity contribution < 1.29 is 14.6 Å².